The van der Waals surface area contributed by atoms with Gasteiger partial charge in [0.15, 0.2) is 5.96 Å². The van der Waals surface area contributed by atoms with Crippen LogP contribution in [0.3, 0.4) is 0 Å². The summed E-state index contributed by atoms with van der Waals surface area (Å²) in [7, 11) is 1.77. The molecule has 0 unspecified atom stereocenters. The van der Waals surface area contributed by atoms with E-state index >= 15 is 0 Å². The molecule has 1 heterocycles. The maximum absolute atomic E-state index is 5.72. The molecule has 0 aliphatic rings. The van der Waals surface area contributed by atoms with Crippen molar-refractivity contribution in [3.63, 3.8) is 0 Å². The molecular weight excluding hydrogens is 463 g/mol. The van der Waals surface area contributed by atoms with Gasteiger partial charge in [0.2, 0.25) is 0 Å². The highest BCUT2D eigenvalue weighted by molar-refractivity contribution is 14.0. The molecule has 0 radical (unpaired) electrons. The number of aromatic nitrogens is 1. The van der Waals surface area contributed by atoms with Gasteiger partial charge in [-0.3, -0.25) is 9.98 Å². The second-order valence-electron chi connectivity index (χ2n) is 6.33. The monoisotopic (exact) mass is 490 g/mol. The standard InChI is InChI=1S/C22H26N4O.HI/c1-17-8-10-20(11-9-17)27-16-15-26-22(23-2)25-14-12-19-6-3-5-18-7-4-13-24-21(18)19;/h3-11,13H,12,14-16H2,1-2H3,(H2,23,25,26);1H. The molecule has 0 fully saturated rings. The van der Waals surface area contributed by atoms with Crippen LogP contribution in [0.2, 0.25) is 0 Å². The molecule has 2 aromatic carbocycles. The highest BCUT2D eigenvalue weighted by Gasteiger charge is 2.03. The summed E-state index contributed by atoms with van der Waals surface area (Å²) in [6, 6.07) is 18.4. The van der Waals surface area contributed by atoms with Crippen molar-refractivity contribution >= 4 is 40.8 Å². The first-order chi connectivity index (χ1) is 13.3. The Morgan fingerprint density at radius 2 is 1.75 bits per heavy atom. The first-order valence-electron chi connectivity index (χ1n) is 9.23. The summed E-state index contributed by atoms with van der Waals surface area (Å²) in [5, 5.41) is 7.79. The third-order valence-corrected chi connectivity index (χ3v) is 4.31. The third kappa shape index (κ3) is 6.37. The number of hydrogen-bond acceptors (Lipinski definition) is 3. The van der Waals surface area contributed by atoms with Crippen molar-refractivity contribution in [2.24, 2.45) is 4.99 Å². The Balaban J connectivity index is 0.00000280. The summed E-state index contributed by atoms with van der Waals surface area (Å²) in [6.45, 7) is 4.11. The van der Waals surface area contributed by atoms with Gasteiger partial charge < -0.3 is 15.4 Å². The van der Waals surface area contributed by atoms with Crippen molar-refractivity contribution in [2.75, 3.05) is 26.7 Å². The molecule has 3 aromatic rings. The quantitative estimate of drug-likeness (QED) is 0.228. The number of para-hydroxylation sites is 1. The molecule has 28 heavy (non-hydrogen) atoms. The summed E-state index contributed by atoms with van der Waals surface area (Å²) in [5.74, 6) is 1.66. The van der Waals surface area contributed by atoms with Gasteiger partial charge in [0.1, 0.15) is 12.4 Å². The van der Waals surface area contributed by atoms with Crippen molar-refractivity contribution in [2.45, 2.75) is 13.3 Å². The zero-order valence-electron chi connectivity index (χ0n) is 16.3. The number of benzene rings is 2. The maximum Gasteiger partial charge on any atom is 0.191 e. The first kappa shape index (κ1) is 21.9. The fraction of sp³-hybridized carbons (Fsp3) is 0.273. The number of pyridine rings is 1. The van der Waals surface area contributed by atoms with Gasteiger partial charge in [-0.25, -0.2) is 0 Å². The Labute approximate surface area is 183 Å². The summed E-state index contributed by atoms with van der Waals surface area (Å²) in [6.07, 6.45) is 2.72. The number of ether oxygens (including phenoxy) is 1. The van der Waals surface area contributed by atoms with Gasteiger partial charge in [0.05, 0.1) is 12.1 Å². The molecule has 148 valence electrons. The molecule has 5 nitrogen and oxygen atoms in total. The summed E-state index contributed by atoms with van der Waals surface area (Å²) in [5.41, 5.74) is 3.53. The van der Waals surface area contributed by atoms with Crippen molar-refractivity contribution in [3.8, 4) is 5.75 Å². The summed E-state index contributed by atoms with van der Waals surface area (Å²) in [4.78, 5) is 8.76. The molecule has 6 heteroatoms. The molecule has 0 saturated carbocycles. The highest BCUT2D eigenvalue weighted by atomic mass is 127. The number of halogens is 1. The van der Waals surface area contributed by atoms with Gasteiger partial charge in [-0.05, 0) is 37.1 Å². The van der Waals surface area contributed by atoms with Gasteiger partial charge in [0, 0.05) is 25.2 Å². The van der Waals surface area contributed by atoms with Crippen LogP contribution in [-0.2, 0) is 6.42 Å². The average molecular weight is 490 g/mol. The van der Waals surface area contributed by atoms with E-state index in [-0.39, 0.29) is 24.0 Å². The number of nitrogens with zero attached hydrogens (tertiary/aromatic N) is 2. The second kappa shape index (κ2) is 11.5. The van der Waals surface area contributed by atoms with Crippen LogP contribution in [0.4, 0.5) is 0 Å². The zero-order chi connectivity index (χ0) is 18.9. The minimum atomic E-state index is 0. The molecule has 0 spiro atoms. The lowest BCUT2D eigenvalue weighted by molar-refractivity contribution is 0.322. The van der Waals surface area contributed by atoms with Crippen molar-refractivity contribution in [3.05, 3.63) is 71.9 Å². The van der Waals surface area contributed by atoms with Crippen molar-refractivity contribution < 1.29 is 4.74 Å². The molecule has 0 atom stereocenters. The van der Waals surface area contributed by atoms with E-state index in [2.05, 4.69) is 51.8 Å². The second-order valence-corrected chi connectivity index (χ2v) is 6.33. The number of hydrogen-bond donors (Lipinski definition) is 2. The number of fused-ring (bicyclic) bond motifs is 1. The third-order valence-electron chi connectivity index (χ3n) is 4.31. The van der Waals surface area contributed by atoms with E-state index in [4.69, 9.17) is 4.74 Å². The average Bonchev–Trinajstić information content (AvgIpc) is 2.71. The molecule has 3 rings (SSSR count). The van der Waals surface area contributed by atoms with E-state index in [9.17, 15) is 0 Å². The lowest BCUT2D eigenvalue weighted by atomic mass is 10.1. The van der Waals surface area contributed by atoms with E-state index in [0.29, 0.717) is 13.2 Å². The summed E-state index contributed by atoms with van der Waals surface area (Å²) >= 11 is 0. The van der Waals surface area contributed by atoms with E-state index in [1.807, 2.05) is 36.5 Å². The van der Waals surface area contributed by atoms with E-state index in [1.54, 1.807) is 7.05 Å². The number of nitrogens with one attached hydrogen (secondary N) is 2. The zero-order valence-corrected chi connectivity index (χ0v) is 18.6. The number of aryl methyl sites for hydroxylation is 1. The van der Waals surface area contributed by atoms with Gasteiger partial charge in [-0.2, -0.15) is 0 Å². The van der Waals surface area contributed by atoms with Crippen LogP contribution in [0.5, 0.6) is 5.75 Å². The minimum absolute atomic E-state index is 0. The molecule has 0 bridgehead atoms. The number of guanidine groups is 1. The maximum atomic E-state index is 5.72. The first-order valence-corrected chi connectivity index (χ1v) is 9.23. The molecule has 1 aromatic heterocycles. The van der Waals surface area contributed by atoms with Crippen LogP contribution in [0.15, 0.2) is 65.8 Å². The Kier molecular flexibility index (Phi) is 9.00. The van der Waals surface area contributed by atoms with Crippen LogP contribution in [0.25, 0.3) is 10.9 Å². The lowest BCUT2D eigenvalue weighted by Crippen LogP contribution is -2.40. The van der Waals surface area contributed by atoms with Crippen LogP contribution >= 0.6 is 24.0 Å². The van der Waals surface area contributed by atoms with E-state index < -0.39 is 0 Å². The molecule has 2 N–H and O–H groups in total. The molecule has 0 amide bonds. The number of rotatable bonds is 7. The number of aliphatic imine (C=N–C) groups is 1. The normalized spacial score (nSPS) is 11.0. The van der Waals surface area contributed by atoms with Gasteiger partial charge >= 0.3 is 0 Å². The molecular formula is C22H27IN4O. The predicted octanol–water partition coefficient (Wildman–Crippen LogP) is 3.95. The van der Waals surface area contributed by atoms with Crippen LogP contribution < -0.4 is 15.4 Å². The smallest absolute Gasteiger partial charge is 0.191 e. The lowest BCUT2D eigenvalue weighted by Gasteiger charge is -2.13. The van der Waals surface area contributed by atoms with Gasteiger partial charge in [0.25, 0.3) is 0 Å². The van der Waals surface area contributed by atoms with Gasteiger partial charge in [-0.1, -0.05) is 42.0 Å². The van der Waals surface area contributed by atoms with Crippen LogP contribution in [-0.4, -0.2) is 37.7 Å². The highest BCUT2D eigenvalue weighted by Crippen LogP contribution is 2.16. The van der Waals surface area contributed by atoms with Crippen LogP contribution in [0, 0.1) is 6.92 Å². The van der Waals surface area contributed by atoms with Gasteiger partial charge in [-0.15, -0.1) is 24.0 Å². The Bertz CT molecular complexity index is 891. The minimum Gasteiger partial charge on any atom is -0.492 e. The van der Waals surface area contributed by atoms with Crippen molar-refractivity contribution in [1.82, 2.24) is 15.6 Å². The van der Waals surface area contributed by atoms with E-state index in [0.717, 1.165) is 30.2 Å². The topological polar surface area (TPSA) is 58.5 Å². The molecule has 0 aliphatic carbocycles. The largest absolute Gasteiger partial charge is 0.492 e. The van der Waals surface area contributed by atoms with Crippen LogP contribution in [0.1, 0.15) is 11.1 Å². The molecule has 0 aliphatic heterocycles. The Hall–Kier alpha value is -2.35. The fourth-order valence-corrected chi connectivity index (χ4v) is 2.88. The summed E-state index contributed by atoms with van der Waals surface area (Å²) < 4.78 is 5.72. The Morgan fingerprint density at radius 3 is 2.54 bits per heavy atom. The van der Waals surface area contributed by atoms with Crippen molar-refractivity contribution in [1.29, 1.82) is 0 Å². The molecule has 0 saturated heterocycles. The van der Waals surface area contributed by atoms with E-state index in [1.165, 1.54) is 16.5 Å². The fourth-order valence-electron chi connectivity index (χ4n) is 2.88. The predicted molar refractivity (Wildman–Crippen MR) is 127 cm³/mol. The Morgan fingerprint density at radius 1 is 1.00 bits per heavy atom. The SMILES string of the molecule is CN=C(NCCOc1ccc(C)cc1)NCCc1cccc2cccnc12.I.